The minimum Gasteiger partial charge on any atom is -0.321 e. The van der Waals surface area contributed by atoms with Gasteiger partial charge in [-0.2, -0.15) is 0 Å². The number of anilines is 1. The second kappa shape index (κ2) is 7.19. The van der Waals surface area contributed by atoms with Crippen molar-refractivity contribution in [2.45, 2.75) is 6.54 Å². The zero-order valence-electron chi connectivity index (χ0n) is 14.2. The lowest BCUT2D eigenvalue weighted by Crippen LogP contribution is -2.25. The van der Waals surface area contributed by atoms with Gasteiger partial charge in [0, 0.05) is 35.6 Å². The second-order valence-corrected chi connectivity index (χ2v) is 6.12. The molecule has 0 spiro atoms. The van der Waals surface area contributed by atoms with Gasteiger partial charge in [-0.05, 0) is 29.8 Å². The molecule has 26 heavy (non-hydrogen) atoms. The molecule has 0 aliphatic carbocycles. The molecule has 1 aromatic heterocycles. The van der Waals surface area contributed by atoms with Crippen LogP contribution in [0.25, 0.3) is 6.08 Å². The van der Waals surface area contributed by atoms with Crippen molar-refractivity contribution in [3.05, 3.63) is 114 Å². The Morgan fingerprint density at radius 2 is 1.62 bits per heavy atom. The quantitative estimate of drug-likeness (QED) is 0.502. The van der Waals surface area contributed by atoms with Crippen LogP contribution >= 0.6 is 0 Å². The number of fused-ring (bicyclic) bond motifs is 1. The Kier molecular flexibility index (Phi) is 4.44. The minimum absolute atomic E-state index is 0.0114. The van der Waals surface area contributed by atoms with E-state index in [9.17, 15) is 4.79 Å². The van der Waals surface area contributed by atoms with E-state index in [1.807, 2.05) is 72.8 Å². The summed E-state index contributed by atoms with van der Waals surface area (Å²) in [6.45, 7) is 0.656. The lowest BCUT2D eigenvalue weighted by molar-refractivity contribution is 0.104. The average molecular weight is 338 g/mol. The molecule has 0 radical (unpaired) electrons. The van der Waals surface area contributed by atoms with Crippen LogP contribution in [0.3, 0.4) is 0 Å². The first kappa shape index (κ1) is 16.0. The summed E-state index contributed by atoms with van der Waals surface area (Å²) in [4.78, 5) is 19.3. The van der Waals surface area contributed by atoms with E-state index in [0.717, 1.165) is 22.6 Å². The smallest absolute Gasteiger partial charge is 0.187 e. The van der Waals surface area contributed by atoms with Crippen LogP contribution in [0.4, 0.5) is 5.82 Å². The molecule has 0 saturated carbocycles. The standard InChI is InChI=1S/C23H18N2O/c26-22(19-10-5-2-6-11-19)16-21-14-13-20-12-7-15-24-23(20)25(21)17-18-8-3-1-4-9-18/h1-16H,17H2/b21-16+. The fraction of sp³-hybridized carbons (Fsp3) is 0.0435. The maximum Gasteiger partial charge on any atom is 0.187 e. The summed E-state index contributed by atoms with van der Waals surface area (Å²) in [6, 6.07) is 23.5. The first-order valence-electron chi connectivity index (χ1n) is 8.57. The zero-order chi connectivity index (χ0) is 17.8. The fourth-order valence-electron chi connectivity index (χ4n) is 3.03. The van der Waals surface area contributed by atoms with Crippen molar-refractivity contribution in [3.63, 3.8) is 0 Å². The van der Waals surface area contributed by atoms with Crippen LogP contribution in [0.15, 0.2) is 96.8 Å². The van der Waals surface area contributed by atoms with E-state index < -0.39 is 0 Å². The molecule has 3 nitrogen and oxygen atoms in total. The summed E-state index contributed by atoms with van der Waals surface area (Å²) in [7, 11) is 0. The van der Waals surface area contributed by atoms with Crippen LogP contribution in [0.2, 0.25) is 0 Å². The lowest BCUT2D eigenvalue weighted by atomic mass is 10.1. The van der Waals surface area contributed by atoms with E-state index in [4.69, 9.17) is 0 Å². The Bertz CT molecular complexity index is 975. The predicted octanol–water partition coefficient (Wildman–Crippen LogP) is 4.88. The normalized spacial score (nSPS) is 14.3. The van der Waals surface area contributed by atoms with Crippen LogP contribution in [-0.4, -0.2) is 10.8 Å². The number of allylic oxidation sites excluding steroid dienone is 2. The van der Waals surface area contributed by atoms with E-state index in [0.29, 0.717) is 12.1 Å². The SMILES string of the molecule is O=C(/C=C1\C=Cc2cccnc2N1Cc1ccccc1)c1ccccc1. The number of nitrogens with zero attached hydrogens (tertiary/aromatic N) is 2. The number of rotatable bonds is 4. The van der Waals surface area contributed by atoms with Gasteiger partial charge in [-0.1, -0.05) is 60.7 Å². The van der Waals surface area contributed by atoms with Crippen molar-refractivity contribution < 1.29 is 4.79 Å². The third-order valence-electron chi connectivity index (χ3n) is 4.34. The van der Waals surface area contributed by atoms with E-state index in [1.165, 1.54) is 0 Å². The lowest BCUT2D eigenvalue weighted by Gasteiger charge is -2.29. The average Bonchev–Trinajstić information content (AvgIpc) is 2.71. The summed E-state index contributed by atoms with van der Waals surface area (Å²) in [5.41, 5.74) is 3.74. The number of carbonyl (C=O) groups is 1. The van der Waals surface area contributed by atoms with Crippen molar-refractivity contribution in [2.75, 3.05) is 4.90 Å². The Labute approximate surface area is 152 Å². The van der Waals surface area contributed by atoms with Gasteiger partial charge in [0.25, 0.3) is 0 Å². The number of carbonyl (C=O) groups excluding carboxylic acids is 1. The first-order chi connectivity index (χ1) is 12.8. The van der Waals surface area contributed by atoms with Gasteiger partial charge >= 0.3 is 0 Å². The van der Waals surface area contributed by atoms with Gasteiger partial charge in [0.1, 0.15) is 5.82 Å². The van der Waals surface area contributed by atoms with Gasteiger partial charge in [0.05, 0.1) is 0 Å². The van der Waals surface area contributed by atoms with Crippen molar-refractivity contribution >= 4 is 17.7 Å². The molecule has 0 fully saturated rings. The second-order valence-electron chi connectivity index (χ2n) is 6.12. The number of ketones is 1. The number of hydrogen-bond acceptors (Lipinski definition) is 3. The Morgan fingerprint density at radius 3 is 2.38 bits per heavy atom. The van der Waals surface area contributed by atoms with Gasteiger partial charge in [-0.3, -0.25) is 4.79 Å². The Hall–Kier alpha value is -3.46. The molecule has 3 heteroatoms. The van der Waals surface area contributed by atoms with Gasteiger partial charge in [0.2, 0.25) is 0 Å². The summed E-state index contributed by atoms with van der Waals surface area (Å²) >= 11 is 0. The van der Waals surface area contributed by atoms with E-state index in [-0.39, 0.29) is 5.78 Å². The van der Waals surface area contributed by atoms with Crippen molar-refractivity contribution in [2.24, 2.45) is 0 Å². The largest absolute Gasteiger partial charge is 0.321 e. The highest BCUT2D eigenvalue weighted by atomic mass is 16.1. The molecule has 3 aromatic rings. The molecule has 4 rings (SSSR count). The molecular formula is C23H18N2O. The molecule has 0 saturated heterocycles. The maximum absolute atomic E-state index is 12.7. The highest BCUT2D eigenvalue weighted by molar-refractivity contribution is 6.05. The molecule has 0 N–H and O–H groups in total. The molecule has 2 aromatic carbocycles. The topological polar surface area (TPSA) is 33.2 Å². The van der Waals surface area contributed by atoms with E-state index in [1.54, 1.807) is 12.3 Å². The molecule has 0 bridgehead atoms. The van der Waals surface area contributed by atoms with Crippen molar-refractivity contribution in [1.82, 2.24) is 4.98 Å². The van der Waals surface area contributed by atoms with Gasteiger partial charge < -0.3 is 4.90 Å². The van der Waals surface area contributed by atoms with Crippen LogP contribution < -0.4 is 4.90 Å². The third-order valence-corrected chi connectivity index (χ3v) is 4.34. The zero-order valence-corrected chi connectivity index (χ0v) is 14.2. The maximum atomic E-state index is 12.7. The summed E-state index contributed by atoms with van der Waals surface area (Å²) in [5.74, 6) is 0.855. The fourth-order valence-corrected chi connectivity index (χ4v) is 3.03. The summed E-state index contributed by atoms with van der Waals surface area (Å²) < 4.78 is 0. The molecule has 2 heterocycles. The molecule has 0 atom stereocenters. The molecule has 0 amide bonds. The minimum atomic E-state index is -0.0114. The highest BCUT2D eigenvalue weighted by Gasteiger charge is 2.20. The van der Waals surface area contributed by atoms with E-state index >= 15 is 0 Å². The predicted molar refractivity (Wildman–Crippen MR) is 105 cm³/mol. The number of pyridine rings is 1. The Balaban J connectivity index is 1.73. The molecule has 126 valence electrons. The van der Waals surface area contributed by atoms with E-state index in [2.05, 4.69) is 22.0 Å². The molecule has 0 unspecified atom stereocenters. The summed E-state index contributed by atoms with van der Waals surface area (Å²) in [5, 5.41) is 0. The Morgan fingerprint density at radius 1 is 0.885 bits per heavy atom. The van der Waals surface area contributed by atoms with Crippen LogP contribution in [0, 0.1) is 0 Å². The number of hydrogen-bond donors (Lipinski definition) is 0. The molecule has 1 aliphatic rings. The van der Waals surface area contributed by atoms with Gasteiger partial charge in [-0.25, -0.2) is 4.98 Å². The van der Waals surface area contributed by atoms with Crippen molar-refractivity contribution in [3.8, 4) is 0 Å². The number of benzene rings is 2. The molecular weight excluding hydrogens is 320 g/mol. The van der Waals surface area contributed by atoms with Crippen LogP contribution in [-0.2, 0) is 6.54 Å². The van der Waals surface area contributed by atoms with Crippen molar-refractivity contribution in [1.29, 1.82) is 0 Å². The summed E-state index contributed by atoms with van der Waals surface area (Å²) in [6.07, 6.45) is 7.46. The van der Waals surface area contributed by atoms with Crippen LogP contribution in [0.5, 0.6) is 0 Å². The monoisotopic (exact) mass is 338 g/mol. The molecule has 1 aliphatic heterocycles. The van der Waals surface area contributed by atoms with Gasteiger partial charge in [-0.15, -0.1) is 0 Å². The third kappa shape index (κ3) is 3.33. The first-order valence-corrected chi connectivity index (χ1v) is 8.57. The van der Waals surface area contributed by atoms with Crippen LogP contribution in [0.1, 0.15) is 21.5 Å². The highest BCUT2D eigenvalue weighted by Crippen LogP contribution is 2.30. The number of aromatic nitrogens is 1. The van der Waals surface area contributed by atoms with Gasteiger partial charge in [0.15, 0.2) is 5.78 Å².